The predicted molar refractivity (Wildman–Crippen MR) is 71.8 cm³/mol. The molecule has 0 saturated carbocycles. The number of hydrogen-bond donors (Lipinski definition) is 0. The van der Waals surface area contributed by atoms with Crippen LogP contribution in [0.5, 0.6) is 0 Å². The van der Waals surface area contributed by atoms with Crippen molar-refractivity contribution in [1.29, 1.82) is 0 Å². The number of hydrogen-bond acceptors (Lipinski definition) is 1. The molecule has 0 heterocycles. The Hall–Kier alpha value is -1.44. The van der Waals surface area contributed by atoms with Crippen LogP contribution in [0.2, 0.25) is 0 Å². The Labute approximate surface area is 98.1 Å². The second-order valence-electron chi connectivity index (χ2n) is 3.97. The summed E-state index contributed by atoms with van der Waals surface area (Å²) in [7, 11) is 1.79. The third kappa shape index (κ3) is 3.30. The lowest BCUT2D eigenvalue weighted by molar-refractivity contribution is 1.01. The van der Waals surface area contributed by atoms with E-state index in [2.05, 4.69) is 49.0 Å². The highest BCUT2D eigenvalue weighted by atomic mass is 14.9. The molecule has 16 heavy (non-hydrogen) atoms. The summed E-state index contributed by atoms with van der Waals surface area (Å²) in [5.41, 5.74) is 3.63. The smallest absolute Gasteiger partial charge is 0.154 e. The fourth-order valence-electron chi connectivity index (χ4n) is 1.59. The van der Waals surface area contributed by atoms with Crippen molar-refractivity contribution >= 4 is 12.1 Å². The minimum atomic E-state index is 0.825. The van der Waals surface area contributed by atoms with Crippen molar-refractivity contribution in [3.05, 3.63) is 34.9 Å². The van der Waals surface area contributed by atoms with Crippen LogP contribution in [-0.4, -0.2) is 19.1 Å². The first-order chi connectivity index (χ1) is 7.69. The van der Waals surface area contributed by atoms with Gasteiger partial charge in [-0.2, -0.15) is 0 Å². The molecule has 1 aromatic carbocycles. The minimum absolute atomic E-state index is 0.825. The topological polar surface area (TPSA) is 24.7 Å². The monoisotopic (exact) mass is 216 g/mol. The number of nitrogens with zero attached hydrogens (tertiary/aromatic N) is 2. The molecule has 1 aromatic rings. The quantitative estimate of drug-likeness (QED) is 0.545. The minimum Gasteiger partial charge on any atom is -0.270 e. The van der Waals surface area contributed by atoms with E-state index in [-0.39, 0.29) is 0 Å². The Morgan fingerprint density at radius 2 is 2.06 bits per heavy atom. The summed E-state index contributed by atoms with van der Waals surface area (Å²) in [6.07, 6.45) is 4.07. The molecular weight excluding hydrogens is 196 g/mol. The number of aryl methyl sites for hydroxylation is 2. The van der Waals surface area contributed by atoms with Gasteiger partial charge >= 0.3 is 0 Å². The Balaban J connectivity index is 2.96. The lowest BCUT2D eigenvalue weighted by Gasteiger charge is -2.05. The summed E-state index contributed by atoms with van der Waals surface area (Å²) < 4.78 is 0. The number of unbranched alkanes of at least 4 members (excludes halogenated alkanes) is 1. The highest BCUT2D eigenvalue weighted by Gasteiger charge is 2.03. The van der Waals surface area contributed by atoms with E-state index in [0.29, 0.717) is 0 Å². The SMILES string of the molecule is CCCC=NC(=NC)c1ccc(C)cc1C. The fourth-order valence-corrected chi connectivity index (χ4v) is 1.59. The first-order valence-electron chi connectivity index (χ1n) is 5.76. The average Bonchev–Trinajstić information content (AvgIpc) is 2.26. The van der Waals surface area contributed by atoms with Crippen LogP contribution >= 0.6 is 0 Å². The lowest BCUT2D eigenvalue weighted by Crippen LogP contribution is -2.01. The zero-order valence-electron chi connectivity index (χ0n) is 10.6. The van der Waals surface area contributed by atoms with Crippen LogP contribution in [0, 0.1) is 13.8 Å². The van der Waals surface area contributed by atoms with Crippen molar-refractivity contribution < 1.29 is 0 Å². The van der Waals surface area contributed by atoms with Gasteiger partial charge in [-0.1, -0.05) is 37.1 Å². The summed E-state index contributed by atoms with van der Waals surface area (Å²) in [6, 6.07) is 6.36. The molecule has 2 nitrogen and oxygen atoms in total. The molecule has 1 rings (SSSR count). The van der Waals surface area contributed by atoms with Crippen molar-refractivity contribution in [2.24, 2.45) is 9.98 Å². The maximum absolute atomic E-state index is 4.42. The zero-order valence-corrected chi connectivity index (χ0v) is 10.6. The van der Waals surface area contributed by atoms with E-state index in [1.165, 1.54) is 11.1 Å². The summed E-state index contributed by atoms with van der Waals surface area (Å²) in [6.45, 7) is 6.34. The van der Waals surface area contributed by atoms with Gasteiger partial charge in [0, 0.05) is 18.8 Å². The molecule has 0 atom stereocenters. The molecule has 0 aliphatic carbocycles. The standard InChI is InChI=1S/C14H20N2/c1-5-6-9-16-14(15-4)13-8-7-11(2)10-12(13)3/h7-10H,5-6H2,1-4H3. The van der Waals surface area contributed by atoms with Crippen molar-refractivity contribution in [1.82, 2.24) is 0 Å². The van der Waals surface area contributed by atoms with Gasteiger partial charge in [0.25, 0.3) is 0 Å². The third-order valence-corrected chi connectivity index (χ3v) is 2.47. The van der Waals surface area contributed by atoms with Crippen LogP contribution in [0.25, 0.3) is 0 Å². The number of rotatable bonds is 3. The summed E-state index contributed by atoms with van der Waals surface area (Å²) in [5.74, 6) is 0.825. The molecule has 0 aliphatic rings. The first-order valence-corrected chi connectivity index (χ1v) is 5.76. The lowest BCUT2D eigenvalue weighted by atomic mass is 10.1. The fraction of sp³-hybridized carbons (Fsp3) is 0.429. The number of aliphatic imine (C=N–C) groups is 2. The Morgan fingerprint density at radius 1 is 1.31 bits per heavy atom. The van der Waals surface area contributed by atoms with Gasteiger partial charge in [-0.05, 0) is 25.8 Å². The van der Waals surface area contributed by atoms with Crippen molar-refractivity contribution in [2.75, 3.05) is 7.05 Å². The predicted octanol–water partition coefficient (Wildman–Crippen LogP) is 3.55. The second-order valence-corrected chi connectivity index (χ2v) is 3.97. The maximum atomic E-state index is 4.42. The molecule has 0 saturated heterocycles. The van der Waals surface area contributed by atoms with Crippen LogP contribution in [0.15, 0.2) is 28.2 Å². The van der Waals surface area contributed by atoms with E-state index in [1.807, 2.05) is 6.21 Å². The van der Waals surface area contributed by atoms with Gasteiger partial charge in [0.15, 0.2) is 5.84 Å². The third-order valence-electron chi connectivity index (χ3n) is 2.47. The van der Waals surface area contributed by atoms with E-state index >= 15 is 0 Å². The normalized spacial score (nSPS) is 12.4. The largest absolute Gasteiger partial charge is 0.270 e. The highest BCUT2D eigenvalue weighted by molar-refractivity contribution is 6.04. The Bertz CT molecular complexity index is 403. The Morgan fingerprint density at radius 3 is 2.62 bits per heavy atom. The second kappa shape index (κ2) is 6.21. The van der Waals surface area contributed by atoms with E-state index in [0.717, 1.165) is 24.2 Å². The molecule has 0 spiro atoms. The molecule has 0 radical (unpaired) electrons. The molecule has 0 N–H and O–H groups in total. The molecule has 0 aliphatic heterocycles. The van der Waals surface area contributed by atoms with Crippen LogP contribution in [0.4, 0.5) is 0 Å². The molecule has 0 bridgehead atoms. The highest BCUT2D eigenvalue weighted by Crippen LogP contribution is 2.12. The molecule has 0 fully saturated rings. The maximum Gasteiger partial charge on any atom is 0.154 e. The number of benzene rings is 1. The van der Waals surface area contributed by atoms with Gasteiger partial charge in [-0.15, -0.1) is 0 Å². The molecule has 0 aromatic heterocycles. The van der Waals surface area contributed by atoms with E-state index in [4.69, 9.17) is 0 Å². The van der Waals surface area contributed by atoms with Crippen molar-refractivity contribution in [3.8, 4) is 0 Å². The number of amidine groups is 1. The average molecular weight is 216 g/mol. The van der Waals surface area contributed by atoms with Crippen LogP contribution in [0.3, 0.4) is 0 Å². The van der Waals surface area contributed by atoms with Crippen molar-refractivity contribution in [2.45, 2.75) is 33.6 Å². The van der Waals surface area contributed by atoms with Crippen LogP contribution in [-0.2, 0) is 0 Å². The summed E-state index contributed by atoms with van der Waals surface area (Å²) in [4.78, 5) is 8.66. The van der Waals surface area contributed by atoms with Gasteiger partial charge in [0.1, 0.15) is 0 Å². The van der Waals surface area contributed by atoms with Crippen molar-refractivity contribution in [3.63, 3.8) is 0 Å². The van der Waals surface area contributed by atoms with Crippen LogP contribution < -0.4 is 0 Å². The van der Waals surface area contributed by atoms with E-state index in [1.54, 1.807) is 7.05 Å². The van der Waals surface area contributed by atoms with Crippen LogP contribution in [0.1, 0.15) is 36.5 Å². The van der Waals surface area contributed by atoms with E-state index in [9.17, 15) is 0 Å². The van der Waals surface area contributed by atoms with Gasteiger partial charge in [0.05, 0.1) is 0 Å². The Kier molecular flexibility index (Phi) is 4.90. The molecular formula is C14H20N2. The van der Waals surface area contributed by atoms with Gasteiger partial charge < -0.3 is 0 Å². The molecule has 86 valence electrons. The summed E-state index contributed by atoms with van der Waals surface area (Å²) in [5, 5.41) is 0. The summed E-state index contributed by atoms with van der Waals surface area (Å²) >= 11 is 0. The first kappa shape index (κ1) is 12.6. The van der Waals surface area contributed by atoms with Gasteiger partial charge in [-0.3, -0.25) is 4.99 Å². The zero-order chi connectivity index (χ0) is 12.0. The molecule has 0 amide bonds. The molecule has 2 heteroatoms. The van der Waals surface area contributed by atoms with Gasteiger partial charge in [0.2, 0.25) is 0 Å². The van der Waals surface area contributed by atoms with Gasteiger partial charge in [-0.25, -0.2) is 4.99 Å². The molecule has 0 unspecified atom stereocenters. The van der Waals surface area contributed by atoms with E-state index < -0.39 is 0 Å².